The maximum absolute atomic E-state index is 4.50. The Bertz CT molecular complexity index is 91.1. The van der Waals surface area contributed by atoms with Crippen LogP contribution in [0.4, 0.5) is 0 Å². The van der Waals surface area contributed by atoms with Crippen LogP contribution >= 0.6 is 0 Å². The maximum Gasteiger partial charge on any atom is -0.00817 e. The van der Waals surface area contributed by atoms with E-state index in [9.17, 15) is 0 Å². The van der Waals surface area contributed by atoms with Crippen molar-refractivity contribution >= 4 is 0 Å². The minimum absolute atomic E-state index is 0.675. The number of allylic oxidation sites excluding steroid dienone is 4. The highest BCUT2D eigenvalue weighted by molar-refractivity contribution is 5.06. The van der Waals surface area contributed by atoms with Crippen LogP contribution in [0.15, 0.2) is 24.3 Å². The lowest BCUT2D eigenvalue weighted by Gasteiger charge is -1.99. The fourth-order valence-corrected chi connectivity index (χ4v) is 0.729. The molecule has 0 amide bonds. The van der Waals surface area contributed by atoms with Gasteiger partial charge in [0.25, 0.3) is 0 Å². The molecule has 0 aromatic heterocycles. The molecular weight excluding hydrogens is 110 g/mol. The van der Waals surface area contributed by atoms with Gasteiger partial charge < -0.3 is 5.73 Å². The largest absolute Gasteiger partial charge is 0.333 e. The molecule has 0 fully saturated rings. The van der Waals surface area contributed by atoms with E-state index in [0.717, 1.165) is 6.42 Å². The van der Waals surface area contributed by atoms with Crippen LogP contribution in [-0.2, 0) is 0 Å². The van der Waals surface area contributed by atoms with Crippen molar-refractivity contribution in [3.8, 4) is 0 Å². The topological polar surface area (TPSA) is 26.0 Å². The Morgan fingerprint density at radius 2 is 1.67 bits per heavy atom. The molecule has 0 saturated heterocycles. The van der Waals surface area contributed by atoms with Crippen LogP contribution in [0.3, 0.4) is 0 Å². The molecule has 0 aromatic carbocycles. The summed E-state index contributed by atoms with van der Waals surface area (Å²) in [5, 5.41) is 0. The average Bonchev–Trinajstić information content (AvgIpc) is 1.94. The van der Waals surface area contributed by atoms with E-state index in [4.69, 9.17) is 0 Å². The molecule has 2 N–H and O–H groups in total. The summed E-state index contributed by atoms with van der Waals surface area (Å²) in [6.45, 7) is 2.19. The molecule has 0 aliphatic heterocycles. The Morgan fingerprint density at radius 3 is 1.89 bits per heavy atom. The highest BCUT2D eigenvalue weighted by atomic mass is 14.4. The first-order valence-electron chi connectivity index (χ1n) is 3.30. The van der Waals surface area contributed by atoms with Crippen molar-refractivity contribution in [3.63, 3.8) is 0 Å². The molecular formula is C8H15N. The quantitative estimate of drug-likeness (QED) is 0.490. The highest BCUT2D eigenvalue weighted by Crippen LogP contribution is 2.06. The van der Waals surface area contributed by atoms with Gasteiger partial charge >= 0.3 is 0 Å². The lowest BCUT2D eigenvalue weighted by Crippen LogP contribution is -1.84. The van der Waals surface area contributed by atoms with E-state index >= 15 is 0 Å². The molecule has 1 rings (SSSR count). The second-order valence-electron chi connectivity index (χ2n) is 1.95. The summed E-state index contributed by atoms with van der Waals surface area (Å²) in [5.74, 6) is 0.675. The predicted octanol–water partition coefficient (Wildman–Crippen LogP) is 1.71. The van der Waals surface area contributed by atoms with Gasteiger partial charge in [-0.1, -0.05) is 31.2 Å². The summed E-state index contributed by atoms with van der Waals surface area (Å²) in [4.78, 5) is 0. The molecule has 0 radical (unpaired) electrons. The second-order valence-corrected chi connectivity index (χ2v) is 1.95. The van der Waals surface area contributed by atoms with Gasteiger partial charge in [0, 0.05) is 0 Å². The molecule has 9 heavy (non-hydrogen) atoms. The predicted molar refractivity (Wildman–Crippen MR) is 42.2 cm³/mol. The Morgan fingerprint density at radius 1 is 1.22 bits per heavy atom. The van der Waals surface area contributed by atoms with E-state index in [1.807, 2.05) is 0 Å². The summed E-state index contributed by atoms with van der Waals surface area (Å²) < 4.78 is 0. The average molecular weight is 125 g/mol. The molecule has 0 atom stereocenters. The van der Waals surface area contributed by atoms with Crippen LogP contribution in [0, 0.1) is 5.92 Å². The molecule has 52 valence electrons. The highest BCUT2D eigenvalue weighted by Gasteiger charge is 1.90. The molecule has 0 aromatic rings. The Balaban J connectivity index is 0.000000291. The molecule has 0 heterocycles. The maximum atomic E-state index is 4.50. The smallest absolute Gasteiger partial charge is 0.00817 e. The van der Waals surface area contributed by atoms with E-state index in [1.54, 1.807) is 0 Å². The first kappa shape index (κ1) is 8.44. The van der Waals surface area contributed by atoms with Crippen molar-refractivity contribution in [1.82, 2.24) is 0 Å². The fourth-order valence-electron chi connectivity index (χ4n) is 0.729. The van der Waals surface area contributed by atoms with Gasteiger partial charge in [-0.15, -0.1) is 0 Å². The zero-order chi connectivity index (χ0) is 7.11. The summed E-state index contributed by atoms with van der Waals surface area (Å²) in [5.41, 5.74) is 4.50. The van der Waals surface area contributed by atoms with Crippen LogP contribution in [-0.4, -0.2) is 7.05 Å². The molecule has 0 unspecified atom stereocenters. The van der Waals surface area contributed by atoms with Gasteiger partial charge in [0.05, 0.1) is 0 Å². The van der Waals surface area contributed by atoms with E-state index in [0.29, 0.717) is 5.92 Å². The van der Waals surface area contributed by atoms with Crippen LogP contribution in [0.1, 0.15) is 13.3 Å². The SMILES string of the molecule is CC1C=CCC=C1.CN. The van der Waals surface area contributed by atoms with Gasteiger partial charge in [-0.05, 0) is 19.4 Å². The Kier molecular flexibility index (Phi) is 5.23. The Hall–Kier alpha value is -0.560. The first-order valence-corrected chi connectivity index (χ1v) is 3.30. The molecule has 0 bridgehead atoms. The van der Waals surface area contributed by atoms with Gasteiger partial charge in [-0.25, -0.2) is 0 Å². The molecule has 1 heteroatoms. The van der Waals surface area contributed by atoms with Crippen LogP contribution in [0.25, 0.3) is 0 Å². The number of nitrogens with two attached hydrogens (primary N) is 1. The summed E-state index contributed by atoms with van der Waals surface area (Å²) in [6.07, 6.45) is 9.97. The van der Waals surface area contributed by atoms with Gasteiger partial charge in [0.15, 0.2) is 0 Å². The normalized spacial score (nSPS) is 16.8. The van der Waals surface area contributed by atoms with Crippen LogP contribution in [0.5, 0.6) is 0 Å². The van der Waals surface area contributed by atoms with Crippen molar-refractivity contribution in [2.45, 2.75) is 13.3 Å². The van der Waals surface area contributed by atoms with Crippen molar-refractivity contribution in [2.24, 2.45) is 11.7 Å². The standard InChI is InChI=1S/C7H10.CH5N/c1-7-5-3-2-4-6-7;1-2/h3-7H,2H2,1H3;2H2,1H3. The van der Waals surface area contributed by atoms with Crippen molar-refractivity contribution in [3.05, 3.63) is 24.3 Å². The fraction of sp³-hybridized carbons (Fsp3) is 0.500. The summed E-state index contributed by atoms with van der Waals surface area (Å²) in [7, 11) is 1.50. The summed E-state index contributed by atoms with van der Waals surface area (Å²) >= 11 is 0. The molecule has 1 nitrogen and oxygen atoms in total. The molecule has 1 aliphatic rings. The van der Waals surface area contributed by atoms with Gasteiger partial charge in [-0.3, -0.25) is 0 Å². The van der Waals surface area contributed by atoms with E-state index in [2.05, 4.69) is 37.0 Å². The minimum atomic E-state index is 0.675. The molecule has 0 spiro atoms. The number of rotatable bonds is 0. The first-order chi connectivity index (χ1) is 4.39. The lowest BCUT2D eigenvalue weighted by molar-refractivity contribution is 0.911. The van der Waals surface area contributed by atoms with Gasteiger partial charge in [0.2, 0.25) is 0 Å². The molecule has 1 aliphatic carbocycles. The number of hydrogen-bond donors (Lipinski definition) is 1. The van der Waals surface area contributed by atoms with Crippen molar-refractivity contribution in [2.75, 3.05) is 7.05 Å². The molecule has 0 saturated carbocycles. The van der Waals surface area contributed by atoms with Crippen molar-refractivity contribution < 1.29 is 0 Å². The Labute approximate surface area is 57.3 Å². The van der Waals surface area contributed by atoms with Gasteiger partial charge in [0.1, 0.15) is 0 Å². The lowest BCUT2D eigenvalue weighted by atomic mass is 10.1. The number of hydrogen-bond acceptors (Lipinski definition) is 1. The third-order valence-electron chi connectivity index (χ3n) is 1.15. The third kappa shape index (κ3) is 3.98. The van der Waals surface area contributed by atoms with Crippen LogP contribution in [0.2, 0.25) is 0 Å². The van der Waals surface area contributed by atoms with E-state index < -0.39 is 0 Å². The minimum Gasteiger partial charge on any atom is -0.333 e. The zero-order valence-electron chi connectivity index (χ0n) is 6.17. The van der Waals surface area contributed by atoms with Gasteiger partial charge in [-0.2, -0.15) is 0 Å². The van der Waals surface area contributed by atoms with Crippen LogP contribution < -0.4 is 5.73 Å². The van der Waals surface area contributed by atoms with E-state index in [1.165, 1.54) is 7.05 Å². The van der Waals surface area contributed by atoms with E-state index in [-0.39, 0.29) is 0 Å². The second kappa shape index (κ2) is 5.57. The van der Waals surface area contributed by atoms with Crippen molar-refractivity contribution in [1.29, 1.82) is 0 Å². The third-order valence-corrected chi connectivity index (χ3v) is 1.15. The summed E-state index contributed by atoms with van der Waals surface area (Å²) in [6, 6.07) is 0. The zero-order valence-corrected chi connectivity index (χ0v) is 6.17. The monoisotopic (exact) mass is 125 g/mol.